The molecule has 0 aromatic carbocycles. The Morgan fingerprint density at radius 2 is 1.84 bits per heavy atom. The van der Waals surface area contributed by atoms with E-state index in [1.54, 1.807) is 12.8 Å². The highest BCUT2D eigenvalue weighted by Gasteiger charge is 2.53. The Morgan fingerprint density at radius 3 is 2.68 bits per heavy atom. The maximum Gasteiger partial charge on any atom is 0.0471 e. The van der Waals surface area contributed by atoms with E-state index in [4.69, 9.17) is 4.74 Å². The van der Waals surface area contributed by atoms with Gasteiger partial charge < -0.3 is 10.1 Å². The fourth-order valence-corrected chi connectivity index (χ4v) is 5.72. The van der Waals surface area contributed by atoms with Crippen molar-refractivity contribution in [3.05, 3.63) is 0 Å². The van der Waals surface area contributed by atoms with Crippen LogP contribution in [-0.2, 0) is 4.74 Å². The lowest BCUT2D eigenvalue weighted by atomic mass is 9.78. The lowest BCUT2D eigenvalue weighted by Gasteiger charge is -2.38. The Hall–Kier alpha value is -0.0800. The molecule has 1 aliphatic heterocycles. The van der Waals surface area contributed by atoms with Crippen LogP contribution < -0.4 is 5.32 Å². The molecule has 0 aromatic rings. The molecule has 4 fully saturated rings. The minimum Gasteiger partial charge on any atom is -0.381 e. The predicted molar refractivity (Wildman–Crippen MR) is 77.0 cm³/mol. The number of rotatable bonds is 3. The van der Waals surface area contributed by atoms with Crippen molar-refractivity contribution in [2.45, 2.75) is 57.9 Å². The Balaban J connectivity index is 1.35. The van der Waals surface area contributed by atoms with Crippen LogP contribution in [0.4, 0.5) is 0 Å². The Labute approximate surface area is 117 Å². The molecule has 2 nitrogen and oxygen atoms in total. The van der Waals surface area contributed by atoms with E-state index < -0.39 is 0 Å². The molecule has 0 spiro atoms. The third-order valence-electron chi connectivity index (χ3n) is 6.92. The average molecular weight is 263 g/mol. The Kier molecular flexibility index (Phi) is 3.15. The van der Waals surface area contributed by atoms with Crippen LogP contribution in [0.2, 0.25) is 0 Å². The summed E-state index contributed by atoms with van der Waals surface area (Å²) < 4.78 is 5.52. The summed E-state index contributed by atoms with van der Waals surface area (Å²) in [5.74, 6) is 4.33. The molecule has 0 aromatic heterocycles. The van der Waals surface area contributed by atoms with Gasteiger partial charge in [-0.15, -0.1) is 0 Å². The lowest BCUT2D eigenvalue weighted by molar-refractivity contribution is 0.0210. The van der Waals surface area contributed by atoms with Crippen molar-refractivity contribution >= 4 is 0 Å². The first kappa shape index (κ1) is 12.6. The van der Waals surface area contributed by atoms with Gasteiger partial charge in [0, 0.05) is 25.8 Å². The largest absolute Gasteiger partial charge is 0.381 e. The van der Waals surface area contributed by atoms with Crippen LogP contribution in [-0.4, -0.2) is 25.8 Å². The minimum atomic E-state index is 0.495. The average Bonchev–Trinajstić information content (AvgIpc) is 3.10. The van der Waals surface area contributed by atoms with Gasteiger partial charge in [0.15, 0.2) is 0 Å². The molecule has 4 aliphatic rings. The van der Waals surface area contributed by atoms with Gasteiger partial charge in [-0.1, -0.05) is 13.3 Å². The number of fused-ring (bicyclic) bond motifs is 5. The van der Waals surface area contributed by atoms with Gasteiger partial charge >= 0.3 is 0 Å². The molecule has 0 amide bonds. The molecule has 108 valence electrons. The van der Waals surface area contributed by atoms with Crippen molar-refractivity contribution in [2.24, 2.45) is 29.1 Å². The second-order valence-electron chi connectivity index (χ2n) is 8.06. The van der Waals surface area contributed by atoms with Crippen molar-refractivity contribution in [1.82, 2.24) is 5.32 Å². The van der Waals surface area contributed by atoms with Crippen LogP contribution >= 0.6 is 0 Å². The lowest BCUT2D eigenvalue weighted by Crippen LogP contribution is -2.45. The van der Waals surface area contributed by atoms with Gasteiger partial charge in [0.05, 0.1) is 0 Å². The molecule has 5 unspecified atom stereocenters. The number of hydrogen-bond acceptors (Lipinski definition) is 2. The van der Waals surface area contributed by atoms with Crippen LogP contribution in [0, 0.1) is 29.1 Å². The van der Waals surface area contributed by atoms with Crippen LogP contribution in [0.3, 0.4) is 0 Å². The topological polar surface area (TPSA) is 21.3 Å². The summed E-state index contributed by atoms with van der Waals surface area (Å²) in [6.45, 7) is 5.62. The first-order chi connectivity index (χ1) is 9.25. The van der Waals surface area contributed by atoms with Gasteiger partial charge in [0.1, 0.15) is 0 Å². The van der Waals surface area contributed by atoms with Crippen LogP contribution in [0.25, 0.3) is 0 Å². The number of hydrogen-bond donors (Lipinski definition) is 1. The highest BCUT2D eigenvalue weighted by atomic mass is 16.5. The van der Waals surface area contributed by atoms with Gasteiger partial charge in [-0.2, -0.15) is 0 Å². The van der Waals surface area contributed by atoms with E-state index >= 15 is 0 Å². The maximum absolute atomic E-state index is 5.52. The number of nitrogens with one attached hydrogen (secondary N) is 1. The van der Waals surface area contributed by atoms with Crippen LogP contribution in [0.5, 0.6) is 0 Å². The van der Waals surface area contributed by atoms with E-state index in [0.29, 0.717) is 5.41 Å². The van der Waals surface area contributed by atoms with Crippen molar-refractivity contribution < 1.29 is 4.74 Å². The molecule has 19 heavy (non-hydrogen) atoms. The molecular weight excluding hydrogens is 234 g/mol. The van der Waals surface area contributed by atoms with E-state index in [2.05, 4.69) is 12.2 Å². The zero-order chi connectivity index (χ0) is 12.9. The van der Waals surface area contributed by atoms with Gasteiger partial charge in [-0.25, -0.2) is 0 Å². The summed E-state index contributed by atoms with van der Waals surface area (Å²) in [6.07, 6.45) is 10.1. The summed E-state index contributed by atoms with van der Waals surface area (Å²) >= 11 is 0. The summed E-state index contributed by atoms with van der Waals surface area (Å²) in [5.41, 5.74) is 0.495. The van der Waals surface area contributed by atoms with Crippen molar-refractivity contribution in [1.29, 1.82) is 0 Å². The predicted octanol–water partition coefficient (Wildman–Crippen LogP) is 3.22. The molecule has 0 radical (unpaired) electrons. The second kappa shape index (κ2) is 4.73. The van der Waals surface area contributed by atoms with Crippen molar-refractivity contribution in [3.63, 3.8) is 0 Å². The van der Waals surface area contributed by atoms with Crippen molar-refractivity contribution in [3.8, 4) is 0 Å². The van der Waals surface area contributed by atoms with Crippen LogP contribution in [0.1, 0.15) is 51.9 Å². The third-order valence-corrected chi connectivity index (χ3v) is 6.92. The van der Waals surface area contributed by atoms with Gasteiger partial charge in [-0.3, -0.25) is 0 Å². The normalized spacial score (nSPS) is 47.5. The van der Waals surface area contributed by atoms with Gasteiger partial charge in [0.2, 0.25) is 0 Å². The molecule has 1 saturated heterocycles. The van der Waals surface area contributed by atoms with E-state index in [-0.39, 0.29) is 0 Å². The SMILES string of the molecule is CC1(CNC2CC3CC2C2CCCC32)CCOCC1. The molecule has 2 bridgehead atoms. The highest BCUT2D eigenvalue weighted by molar-refractivity contribution is 5.05. The zero-order valence-corrected chi connectivity index (χ0v) is 12.4. The molecule has 4 rings (SSSR count). The monoisotopic (exact) mass is 263 g/mol. The Morgan fingerprint density at radius 1 is 1.05 bits per heavy atom. The van der Waals surface area contributed by atoms with E-state index in [9.17, 15) is 0 Å². The Bertz CT molecular complexity index is 336. The van der Waals surface area contributed by atoms with Gasteiger partial charge in [-0.05, 0) is 67.6 Å². The van der Waals surface area contributed by atoms with Gasteiger partial charge in [0.25, 0.3) is 0 Å². The summed E-state index contributed by atoms with van der Waals surface area (Å²) in [4.78, 5) is 0. The maximum atomic E-state index is 5.52. The van der Waals surface area contributed by atoms with E-state index in [1.807, 2.05) is 0 Å². The van der Waals surface area contributed by atoms with Crippen molar-refractivity contribution in [2.75, 3.05) is 19.8 Å². The summed E-state index contributed by atoms with van der Waals surface area (Å²) in [5, 5.41) is 3.98. The molecule has 3 saturated carbocycles. The minimum absolute atomic E-state index is 0.495. The highest BCUT2D eigenvalue weighted by Crippen LogP contribution is 2.58. The first-order valence-electron chi connectivity index (χ1n) is 8.56. The molecule has 1 heterocycles. The standard InChI is InChI=1S/C17H29NO/c1-17(5-7-19-8-6-17)11-18-16-10-12-9-15(16)14-4-2-3-13(12)14/h12-16,18H,2-11H2,1H3. The second-order valence-corrected chi connectivity index (χ2v) is 8.06. The molecule has 2 heteroatoms. The van der Waals surface area contributed by atoms with Crippen LogP contribution in [0.15, 0.2) is 0 Å². The van der Waals surface area contributed by atoms with E-state index in [1.165, 1.54) is 38.6 Å². The molecule has 3 aliphatic carbocycles. The smallest absolute Gasteiger partial charge is 0.0471 e. The summed E-state index contributed by atoms with van der Waals surface area (Å²) in [6, 6.07) is 0.851. The third kappa shape index (κ3) is 2.15. The quantitative estimate of drug-likeness (QED) is 0.844. The molecule has 1 N–H and O–H groups in total. The molecule has 5 atom stereocenters. The first-order valence-corrected chi connectivity index (χ1v) is 8.56. The zero-order valence-electron chi connectivity index (χ0n) is 12.4. The fourth-order valence-electron chi connectivity index (χ4n) is 5.72. The van der Waals surface area contributed by atoms with E-state index in [0.717, 1.165) is 42.9 Å². The number of ether oxygens (including phenoxy) is 1. The molecular formula is C17H29NO. The fraction of sp³-hybridized carbons (Fsp3) is 1.00. The summed E-state index contributed by atoms with van der Waals surface area (Å²) in [7, 11) is 0.